The van der Waals surface area contributed by atoms with E-state index in [0.717, 1.165) is 5.56 Å². The Morgan fingerprint density at radius 2 is 1.96 bits per heavy atom. The molecule has 0 aromatic heterocycles. The van der Waals surface area contributed by atoms with Crippen LogP contribution in [0.3, 0.4) is 0 Å². The van der Waals surface area contributed by atoms with Crippen LogP contribution in [-0.4, -0.2) is 42.6 Å². The first kappa shape index (κ1) is 17.6. The summed E-state index contributed by atoms with van der Waals surface area (Å²) < 4.78 is 22.9. The van der Waals surface area contributed by atoms with Crippen LogP contribution in [0.2, 0.25) is 0 Å². The van der Waals surface area contributed by atoms with Gasteiger partial charge in [-0.25, -0.2) is 0 Å². The van der Waals surface area contributed by atoms with Crippen LogP contribution in [0.1, 0.15) is 38.7 Å². The highest BCUT2D eigenvalue weighted by atomic mass is 16.8. The monoisotopic (exact) mass is 360 g/mol. The molecule has 6 nitrogen and oxygen atoms in total. The Hall–Kier alpha value is -1.76. The van der Waals surface area contributed by atoms with Gasteiger partial charge < -0.3 is 18.9 Å². The number of carbonyl (C=O) groups excluding carboxylic acids is 2. The van der Waals surface area contributed by atoms with Crippen molar-refractivity contribution in [3.05, 3.63) is 35.9 Å². The Morgan fingerprint density at radius 1 is 1.23 bits per heavy atom. The highest BCUT2D eigenvalue weighted by Gasteiger charge is 2.61. The summed E-state index contributed by atoms with van der Waals surface area (Å²) in [5, 5.41) is 0. The van der Waals surface area contributed by atoms with E-state index in [1.165, 1.54) is 0 Å². The smallest absolute Gasteiger partial charge is 0.317 e. The van der Waals surface area contributed by atoms with Gasteiger partial charge >= 0.3 is 5.97 Å². The topological polar surface area (TPSA) is 71.1 Å². The van der Waals surface area contributed by atoms with E-state index in [-0.39, 0.29) is 30.3 Å². The molecule has 2 aliphatic heterocycles. The van der Waals surface area contributed by atoms with E-state index in [1.54, 1.807) is 6.92 Å². The van der Waals surface area contributed by atoms with E-state index < -0.39 is 30.1 Å². The van der Waals surface area contributed by atoms with Gasteiger partial charge in [-0.15, -0.1) is 0 Å². The zero-order chi connectivity index (χ0) is 18.5. The molecule has 6 atom stereocenters. The normalized spacial score (nSPS) is 37.9. The van der Waals surface area contributed by atoms with Crippen molar-refractivity contribution in [1.82, 2.24) is 0 Å². The summed E-state index contributed by atoms with van der Waals surface area (Å²) in [5.74, 6) is -2.68. The lowest BCUT2D eigenvalue weighted by molar-refractivity contribution is -0.214. The highest BCUT2D eigenvalue weighted by molar-refractivity contribution is 6.03. The van der Waals surface area contributed by atoms with Crippen molar-refractivity contribution < 1.29 is 28.5 Å². The molecule has 1 aromatic rings. The van der Waals surface area contributed by atoms with Crippen molar-refractivity contribution in [2.45, 2.75) is 57.4 Å². The molecule has 6 heteroatoms. The lowest BCUT2D eigenvalue weighted by Crippen LogP contribution is -2.48. The number of hydrogen-bond acceptors (Lipinski definition) is 6. The van der Waals surface area contributed by atoms with E-state index >= 15 is 0 Å². The number of rotatable bonds is 3. The lowest BCUT2D eigenvalue weighted by Gasteiger charge is -2.37. The molecule has 2 saturated heterocycles. The molecule has 0 bridgehead atoms. The predicted molar refractivity (Wildman–Crippen MR) is 91.1 cm³/mol. The minimum Gasteiger partial charge on any atom is -0.465 e. The second kappa shape index (κ2) is 6.44. The summed E-state index contributed by atoms with van der Waals surface area (Å²) in [7, 11) is 0. The third kappa shape index (κ3) is 2.86. The highest BCUT2D eigenvalue weighted by Crippen LogP contribution is 2.50. The second-order valence-corrected chi connectivity index (χ2v) is 7.57. The zero-order valence-corrected chi connectivity index (χ0v) is 15.2. The average Bonchev–Trinajstić information content (AvgIpc) is 3.08. The van der Waals surface area contributed by atoms with Crippen molar-refractivity contribution in [3.63, 3.8) is 0 Å². The fourth-order valence-corrected chi connectivity index (χ4v) is 4.45. The number of ketones is 1. The Morgan fingerprint density at radius 3 is 2.65 bits per heavy atom. The van der Waals surface area contributed by atoms with Gasteiger partial charge in [-0.2, -0.15) is 0 Å². The van der Waals surface area contributed by atoms with Crippen molar-refractivity contribution in [3.8, 4) is 0 Å². The molecular weight excluding hydrogens is 336 g/mol. The van der Waals surface area contributed by atoms with Crippen LogP contribution in [0.4, 0.5) is 0 Å². The van der Waals surface area contributed by atoms with Gasteiger partial charge in [-0.1, -0.05) is 30.3 Å². The fourth-order valence-electron chi connectivity index (χ4n) is 4.45. The van der Waals surface area contributed by atoms with E-state index in [9.17, 15) is 9.59 Å². The molecule has 0 radical (unpaired) electrons. The van der Waals surface area contributed by atoms with Crippen molar-refractivity contribution in [1.29, 1.82) is 0 Å². The summed E-state index contributed by atoms with van der Waals surface area (Å²) in [4.78, 5) is 25.7. The number of esters is 1. The largest absolute Gasteiger partial charge is 0.465 e. The van der Waals surface area contributed by atoms with Gasteiger partial charge in [0.05, 0.1) is 6.61 Å². The summed E-state index contributed by atoms with van der Waals surface area (Å²) in [5.41, 5.74) is 0.957. The maximum atomic E-state index is 13.2. The molecule has 26 heavy (non-hydrogen) atoms. The molecule has 2 heterocycles. The van der Waals surface area contributed by atoms with Gasteiger partial charge in [0.2, 0.25) is 0 Å². The standard InChI is InChI=1S/C20H24O6/c1-4-23-18(22)14-12(11-8-6-5-7-9-11)10-13-16(15(14)21)24-19-17(13)25-20(2,3)26-19/h5-9,12-14,16-17,19H,4,10H2,1-3H3/t12-,13+,14+,16-,17+,19+/m0/s1. The van der Waals surface area contributed by atoms with Crippen LogP contribution in [0.5, 0.6) is 0 Å². The van der Waals surface area contributed by atoms with Gasteiger partial charge in [-0.3, -0.25) is 9.59 Å². The van der Waals surface area contributed by atoms with Crippen LogP contribution < -0.4 is 0 Å². The Balaban J connectivity index is 1.67. The molecule has 0 spiro atoms. The summed E-state index contributed by atoms with van der Waals surface area (Å²) >= 11 is 0. The second-order valence-electron chi connectivity index (χ2n) is 7.57. The number of benzene rings is 1. The molecule has 0 amide bonds. The number of carbonyl (C=O) groups is 2. The number of ether oxygens (including phenoxy) is 4. The van der Waals surface area contributed by atoms with Gasteiger partial charge in [0.25, 0.3) is 0 Å². The molecule has 0 unspecified atom stereocenters. The third-order valence-electron chi connectivity index (χ3n) is 5.46. The quantitative estimate of drug-likeness (QED) is 0.609. The fraction of sp³-hybridized carbons (Fsp3) is 0.600. The number of Topliss-reactive ketones (excluding diaryl/α,β-unsaturated/α-hetero) is 1. The van der Waals surface area contributed by atoms with E-state index in [0.29, 0.717) is 6.42 Å². The Labute approximate surface area is 152 Å². The van der Waals surface area contributed by atoms with Crippen molar-refractivity contribution in [2.75, 3.05) is 6.61 Å². The predicted octanol–water partition coefficient (Wildman–Crippen LogP) is 2.41. The molecule has 1 saturated carbocycles. The van der Waals surface area contributed by atoms with E-state index in [4.69, 9.17) is 18.9 Å². The van der Waals surface area contributed by atoms with Gasteiger partial charge in [0, 0.05) is 11.8 Å². The molecular formula is C20H24O6. The lowest BCUT2D eigenvalue weighted by atomic mass is 9.68. The molecule has 4 rings (SSSR count). The molecule has 1 aromatic carbocycles. The van der Waals surface area contributed by atoms with E-state index in [2.05, 4.69) is 0 Å². The van der Waals surface area contributed by atoms with Gasteiger partial charge in [-0.05, 0) is 32.8 Å². The maximum absolute atomic E-state index is 13.2. The van der Waals surface area contributed by atoms with Gasteiger partial charge in [0.1, 0.15) is 18.1 Å². The van der Waals surface area contributed by atoms with Crippen LogP contribution in [0.25, 0.3) is 0 Å². The molecule has 3 fully saturated rings. The zero-order valence-electron chi connectivity index (χ0n) is 15.2. The Kier molecular flexibility index (Phi) is 4.37. The molecule has 1 aliphatic carbocycles. The van der Waals surface area contributed by atoms with Crippen molar-refractivity contribution >= 4 is 11.8 Å². The first-order valence-corrected chi connectivity index (χ1v) is 9.17. The third-order valence-corrected chi connectivity index (χ3v) is 5.46. The number of hydrogen-bond donors (Lipinski definition) is 0. The van der Waals surface area contributed by atoms with Gasteiger partial charge in [0.15, 0.2) is 17.9 Å². The molecule has 0 N–H and O–H groups in total. The van der Waals surface area contributed by atoms with Crippen LogP contribution >= 0.6 is 0 Å². The molecule has 140 valence electrons. The first-order chi connectivity index (χ1) is 12.4. The summed E-state index contributed by atoms with van der Waals surface area (Å²) in [6.07, 6.45) is -0.935. The minimum absolute atomic E-state index is 0.134. The van der Waals surface area contributed by atoms with Crippen LogP contribution in [-0.2, 0) is 28.5 Å². The van der Waals surface area contributed by atoms with Crippen LogP contribution in [0, 0.1) is 11.8 Å². The van der Waals surface area contributed by atoms with E-state index in [1.807, 2.05) is 44.2 Å². The average molecular weight is 360 g/mol. The summed E-state index contributed by atoms with van der Waals surface area (Å²) in [6.45, 7) is 5.66. The number of fused-ring (bicyclic) bond motifs is 3. The SMILES string of the molecule is CCOC(=O)[C@H]1C(=O)[C@H]2O[C@@H]3OC(C)(C)O[C@@H]3[C@@H]2C[C@H]1c1ccccc1. The summed E-state index contributed by atoms with van der Waals surface area (Å²) in [6, 6.07) is 9.66. The minimum atomic E-state index is -0.856. The maximum Gasteiger partial charge on any atom is 0.317 e. The first-order valence-electron chi connectivity index (χ1n) is 9.17. The van der Waals surface area contributed by atoms with Crippen LogP contribution in [0.15, 0.2) is 30.3 Å². The molecule has 3 aliphatic rings. The Bertz CT molecular complexity index is 700. The van der Waals surface area contributed by atoms with Crippen molar-refractivity contribution in [2.24, 2.45) is 11.8 Å².